The lowest BCUT2D eigenvalue weighted by molar-refractivity contribution is -0.0186. The van der Waals surface area contributed by atoms with Crippen LogP contribution < -0.4 is 5.73 Å². The first-order valence-corrected chi connectivity index (χ1v) is 6.69. The van der Waals surface area contributed by atoms with Crippen LogP contribution in [0.1, 0.15) is 26.0 Å². The number of thiazole rings is 1. The average Bonchev–Trinajstić information content (AvgIpc) is 2.88. The first-order chi connectivity index (χ1) is 8.09. The molecule has 17 heavy (non-hydrogen) atoms. The van der Waals surface area contributed by atoms with Crippen molar-refractivity contribution in [3.8, 4) is 0 Å². The number of imidazole rings is 1. The van der Waals surface area contributed by atoms with E-state index in [-0.39, 0.29) is 11.6 Å². The van der Waals surface area contributed by atoms with Crippen LogP contribution in [-0.2, 0) is 11.2 Å². The summed E-state index contributed by atoms with van der Waals surface area (Å²) >= 11 is 1.63. The number of rotatable bonds is 5. The van der Waals surface area contributed by atoms with Crippen molar-refractivity contribution in [2.24, 2.45) is 5.73 Å². The fourth-order valence-corrected chi connectivity index (χ4v) is 2.59. The van der Waals surface area contributed by atoms with Gasteiger partial charge < -0.3 is 10.5 Å². The standard InChI is InChI=1S/C12H19N3OS/c1-4-12(2,16-3)10(13)7-9-8-15-5-6-17-11(15)14-9/h5-6,8,10H,4,7,13H2,1-3H3. The van der Waals surface area contributed by atoms with Crippen LogP contribution >= 0.6 is 11.3 Å². The topological polar surface area (TPSA) is 52.5 Å². The minimum absolute atomic E-state index is 0.0397. The van der Waals surface area contributed by atoms with Crippen molar-refractivity contribution >= 4 is 16.3 Å². The Morgan fingerprint density at radius 2 is 2.41 bits per heavy atom. The average molecular weight is 253 g/mol. The molecule has 0 aliphatic rings. The third-order valence-corrected chi connectivity index (χ3v) is 4.30. The van der Waals surface area contributed by atoms with Gasteiger partial charge in [0.15, 0.2) is 4.96 Å². The normalized spacial score (nSPS) is 17.2. The molecule has 2 rings (SSSR count). The van der Waals surface area contributed by atoms with Gasteiger partial charge in [-0.05, 0) is 13.3 Å². The maximum atomic E-state index is 6.22. The molecule has 0 fully saturated rings. The summed E-state index contributed by atoms with van der Waals surface area (Å²) in [6.07, 6.45) is 5.69. The number of hydrogen-bond donors (Lipinski definition) is 1. The van der Waals surface area contributed by atoms with Gasteiger partial charge in [-0.2, -0.15) is 0 Å². The predicted octanol–water partition coefficient (Wildman–Crippen LogP) is 2.08. The fraction of sp³-hybridized carbons (Fsp3) is 0.583. The van der Waals surface area contributed by atoms with Gasteiger partial charge in [-0.25, -0.2) is 4.98 Å². The number of nitrogens with zero attached hydrogens (tertiary/aromatic N) is 2. The molecule has 4 nitrogen and oxygen atoms in total. The highest BCUT2D eigenvalue weighted by Crippen LogP contribution is 2.21. The summed E-state index contributed by atoms with van der Waals surface area (Å²) in [4.78, 5) is 5.56. The fourth-order valence-electron chi connectivity index (χ4n) is 1.87. The van der Waals surface area contributed by atoms with E-state index in [4.69, 9.17) is 10.5 Å². The van der Waals surface area contributed by atoms with E-state index in [0.29, 0.717) is 0 Å². The van der Waals surface area contributed by atoms with Crippen LogP contribution in [0.15, 0.2) is 17.8 Å². The summed E-state index contributed by atoms with van der Waals surface area (Å²) in [5, 5.41) is 2.03. The molecule has 5 heteroatoms. The van der Waals surface area contributed by atoms with Crippen molar-refractivity contribution < 1.29 is 4.74 Å². The minimum atomic E-state index is -0.281. The zero-order valence-electron chi connectivity index (χ0n) is 10.5. The summed E-state index contributed by atoms with van der Waals surface area (Å²) in [6, 6.07) is -0.0397. The Bertz CT molecular complexity index is 458. The SMILES string of the molecule is CCC(C)(OC)C(N)Cc1cn2ccsc2n1. The second-order valence-corrected chi connectivity index (χ2v) is 5.38. The van der Waals surface area contributed by atoms with E-state index in [1.54, 1.807) is 18.4 Å². The Hall–Kier alpha value is -0.910. The van der Waals surface area contributed by atoms with E-state index in [1.165, 1.54) is 0 Å². The maximum absolute atomic E-state index is 6.22. The lowest BCUT2D eigenvalue weighted by atomic mass is 9.91. The van der Waals surface area contributed by atoms with Crippen molar-refractivity contribution in [1.29, 1.82) is 0 Å². The van der Waals surface area contributed by atoms with Crippen molar-refractivity contribution in [2.45, 2.75) is 38.3 Å². The summed E-state index contributed by atoms with van der Waals surface area (Å²) in [5.74, 6) is 0. The van der Waals surface area contributed by atoms with E-state index in [0.717, 1.165) is 23.5 Å². The van der Waals surface area contributed by atoms with E-state index >= 15 is 0 Å². The first-order valence-electron chi connectivity index (χ1n) is 5.81. The molecule has 0 spiro atoms. The molecule has 0 bridgehead atoms. The summed E-state index contributed by atoms with van der Waals surface area (Å²) < 4.78 is 7.55. The van der Waals surface area contributed by atoms with Crippen molar-refractivity contribution in [3.05, 3.63) is 23.5 Å². The van der Waals surface area contributed by atoms with Crippen molar-refractivity contribution in [1.82, 2.24) is 9.38 Å². The summed E-state index contributed by atoms with van der Waals surface area (Å²) in [7, 11) is 1.72. The molecular formula is C12H19N3OS. The molecule has 0 saturated heterocycles. The van der Waals surface area contributed by atoms with Crippen LogP contribution in [-0.4, -0.2) is 28.1 Å². The van der Waals surface area contributed by atoms with Gasteiger partial charge in [-0.1, -0.05) is 6.92 Å². The third-order valence-electron chi connectivity index (χ3n) is 3.52. The number of ether oxygens (including phenoxy) is 1. The Morgan fingerprint density at radius 3 is 3.00 bits per heavy atom. The van der Waals surface area contributed by atoms with Gasteiger partial charge in [-0.3, -0.25) is 4.40 Å². The number of nitrogens with two attached hydrogens (primary N) is 1. The Morgan fingerprint density at radius 1 is 1.65 bits per heavy atom. The molecule has 2 aromatic heterocycles. The molecule has 0 amide bonds. The highest BCUT2D eigenvalue weighted by molar-refractivity contribution is 7.15. The first kappa shape index (κ1) is 12.5. The van der Waals surface area contributed by atoms with Gasteiger partial charge in [0.25, 0.3) is 0 Å². The second kappa shape index (κ2) is 4.76. The Balaban J connectivity index is 2.13. The Kier molecular flexibility index (Phi) is 3.51. The van der Waals surface area contributed by atoms with Crippen LogP contribution in [0.5, 0.6) is 0 Å². The van der Waals surface area contributed by atoms with Crippen LogP contribution in [0.2, 0.25) is 0 Å². The lowest BCUT2D eigenvalue weighted by Crippen LogP contribution is -2.48. The van der Waals surface area contributed by atoms with Gasteiger partial charge in [0, 0.05) is 37.3 Å². The highest BCUT2D eigenvalue weighted by atomic mass is 32.1. The lowest BCUT2D eigenvalue weighted by Gasteiger charge is -2.32. The van der Waals surface area contributed by atoms with Gasteiger partial charge in [0.05, 0.1) is 11.3 Å². The molecule has 2 N–H and O–H groups in total. The quantitative estimate of drug-likeness (QED) is 0.887. The van der Waals surface area contributed by atoms with E-state index < -0.39 is 0 Å². The van der Waals surface area contributed by atoms with Crippen LogP contribution in [0, 0.1) is 0 Å². The van der Waals surface area contributed by atoms with Gasteiger partial charge in [-0.15, -0.1) is 11.3 Å². The molecule has 0 aromatic carbocycles. The maximum Gasteiger partial charge on any atom is 0.193 e. The van der Waals surface area contributed by atoms with Crippen LogP contribution in [0.25, 0.3) is 4.96 Å². The minimum Gasteiger partial charge on any atom is -0.377 e. The van der Waals surface area contributed by atoms with E-state index in [2.05, 4.69) is 18.8 Å². The Labute approximate surface area is 105 Å². The van der Waals surface area contributed by atoms with Gasteiger partial charge in [0.2, 0.25) is 0 Å². The molecule has 0 aliphatic carbocycles. The second-order valence-electron chi connectivity index (χ2n) is 4.51. The molecule has 2 unspecified atom stereocenters. The molecule has 0 saturated carbocycles. The summed E-state index contributed by atoms with van der Waals surface area (Å²) in [5.41, 5.74) is 6.97. The van der Waals surface area contributed by atoms with Crippen LogP contribution in [0.4, 0.5) is 0 Å². The van der Waals surface area contributed by atoms with Gasteiger partial charge in [0.1, 0.15) is 0 Å². The summed E-state index contributed by atoms with van der Waals surface area (Å²) in [6.45, 7) is 4.14. The van der Waals surface area contributed by atoms with E-state index in [9.17, 15) is 0 Å². The largest absolute Gasteiger partial charge is 0.377 e. The molecule has 2 aromatic rings. The molecule has 94 valence electrons. The smallest absolute Gasteiger partial charge is 0.193 e. The van der Waals surface area contributed by atoms with Crippen LogP contribution in [0.3, 0.4) is 0 Å². The predicted molar refractivity (Wildman–Crippen MR) is 70.5 cm³/mol. The third kappa shape index (κ3) is 2.36. The highest BCUT2D eigenvalue weighted by Gasteiger charge is 2.30. The van der Waals surface area contributed by atoms with Crippen molar-refractivity contribution in [3.63, 3.8) is 0 Å². The van der Waals surface area contributed by atoms with E-state index in [1.807, 2.05) is 22.2 Å². The monoisotopic (exact) mass is 253 g/mol. The zero-order chi connectivity index (χ0) is 12.5. The molecular weight excluding hydrogens is 234 g/mol. The molecule has 0 aliphatic heterocycles. The van der Waals surface area contributed by atoms with Crippen molar-refractivity contribution in [2.75, 3.05) is 7.11 Å². The molecule has 2 heterocycles. The number of hydrogen-bond acceptors (Lipinski definition) is 4. The molecule has 0 radical (unpaired) electrons. The molecule has 2 atom stereocenters. The van der Waals surface area contributed by atoms with Gasteiger partial charge >= 0.3 is 0 Å². The number of aromatic nitrogens is 2. The number of methoxy groups -OCH3 is 1. The zero-order valence-corrected chi connectivity index (χ0v) is 11.3. The number of fused-ring (bicyclic) bond motifs is 1.